The third-order valence-corrected chi connectivity index (χ3v) is 5.75. The maximum absolute atomic E-state index is 12.7. The van der Waals surface area contributed by atoms with Gasteiger partial charge in [0.05, 0.1) is 16.1 Å². The van der Waals surface area contributed by atoms with E-state index in [0.29, 0.717) is 31.2 Å². The molecule has 1 saturated heterocycles. The first-order chi connectivity index (χ1) is 14.8. The summed E-state index contributed by atoms with van der Waals surface area (Å²) in [6.07, 6.45) is 0. The van der Waals surface area contributed by atoms with Gasteiger partial charge in [0.15, 0.2) is 0 Å². The highest BCUT2D eigenvalue weighted by Crippen LogP contribution is 2.27. The minimum Gasteiger partial charge on any atom is -0.339 e. The molecule has 160 valence electrons. The molecule has 3 amide bonds. The number of nitrogens with zero attached hydrogens (tertiary/aromatic N) is 4. The van der Waals surface area contributed by atoms with Crippen molar-refractivity contribution in [1.82, 2.24) is 14.7 Å². The maximum Gasteiger partial charge on any atom is 0.270 e. The number of hydrogen-bond donors (Lipinski definition) is 0. The van der Waals surface area contributed by atoms with Gasteiger partial charge in [0, 0.05) is 49.9 Å². The normalized spacial score (nSPS) is 16.5. The lowest BCUT2D eigenvalue weighted by Crippen LogP contribution is -2.51. The summed E-state index contributed by atoms with van der Waals surface area (Å²) in [5, 5.41) is 11.6. The summed E-state index contributed by atoms with van der Waals surface area (Å²) in [6.45, 7) is 2.68. The molecule has 2 heterocycles. The summed E-state index contributed by atoms with van der Waals surface area (Å²) < 4.78 is 0. The highest BCUT2D eigenvalue weighted by molar-refractivity contribution is 6.30. The molecule has 9 nitrogen and oxygen atoms in total. The molecule has 0 radical (unpaired) electrons. The van der Waals surface area contributed by atoms with E-state index in [9.17, 15) is 24.5 Å². The number of hydrogen-bond acceptors (Lipinski definition) is 6. The van der Waals surface area contributed by atoms with Crippen LogP contribution in [0.3, 0.4) is 0 Å². The number of piperazine rings is 1. The standard InChI is InChI=1S/C21H19ClN4O5/c22-15-3-1-14(2-4-15)12-23-7-9-24(10-8-23)19(27)13-25-20(28)17-6-5-16(26(30)31)11-18(17)21(25)29/h1-6,11H,7-10,12-13H2. The van der Waals surface area contributed by atoms with Crippen LogP contribution in [0.15, 0.2) is 42.5 Å². The average molecular weight is 443 g/mol. The van der Waals surface area contributed by atoms with E-state index in [-0.39, 0.29) is 29.3 Å². The molecule has 0 aromatic heterocycles. The maximum atomic E-state index is 12.7. The Kier molecular flexibility index (Phi) is 5.71. The van der Waals surface area contributed by atoms with Crippen molar-refractivity contribution in [3.05, 3.63) is 74.3 Å². The van der Waals surface area contributed by atoms with E-state index in [1.54, 1.807) is 4.90 Å². The molecular formula is C21H19ClN4O5. The number of imide groups is 1. The largest absolute Gasteiger partial charge is 0.339 e. The summed E-state index contributed by atoms with van der Waals surface area (Å²) in [5.41, 5.74) is 0.894. The number of carbonyl (C=O) groups is 3. The summed E-state index contributed by atoms with van der Waals surface area (Å²) >= 11 is 5.91. The lowest BCUT2D eigenvalue weighted by atomic mass is 10.1. The van der Waals surface area contributed by atoms with Crippen molar-refractivity contribution in [2.24, 2.45) is 0 Å². The quantitative estimate of drug-likeness (QED) is 0.399. The van der Waals surface area contributed by atoms with Crippen LogP contribution in [0.25, 0.3) is 0 Å². The van der Waals surface area contributed by atoms with Crippen LogP contribution in [-0.4, -0.2) is 70.1 Å². The second kappa shape index (κ2) is 8.44. The van der Waals surface area contributed by atoms with E-state index in [4.69, 9.17) is 11.6 Å². The van der Waals surface area contributed by atoms with Crippen LogP contribution in [-0.2, 0) is 11.3 Å². The van der Waals surface area contributed by atoms with E-state index >= 15 is 0 Å². The minimum absolute atomic E-state index is 0.0419. The predicted molar refractivity (Wildman–Crippen MR) is 112 cm³/mol. The Morgan fingerprint density at radius 1 is 0.968 bits per heavy atom. The fourth-order valence-corrected chi connectivity index (χ4v) is 3.90. The average Bonchev–Trinajstić information content (AvgIpc) is 3.00. The van der Waals surface area contributed by atoms with Gasteiger partial charge in [-0.2, -0.15) is 0 Å². The van der Waals surface area contributed by atoms with Gasteiger partial charge in [-0.3, -0.25) is 34.3 Å². The third kappa shape index (κ3) is 4.28. The number of nitro groups is 1. The van der Waals surface area contributed by atoms with Gasteiger partial charge in [-0.15, -0.1) is 0 Å². The summed E-state index contributed by atoms with van der Waals surface area (Å²) in [7, 11) is 0. The number of rotatable bonds is 5. The van der Waals surface area contributed by atoms with Gasteiger partial charge < -0.3 is 4.90 Å². The molecule has 10 heteroatoms. The Morgan fingerprint density at radius 3 is 2.26 bits per heavy atom. The van der Waals surface area contributed by atoms with Gasteiger partial charge in [-0.25, -0.2) is 0 Å². The van der Waals surface area contributed by atoms with Crippen LogP contribution in [0.5, 0.6) is 0 Å². The molecular weight excluding hydrogens is 424 g/mol. The second-order valence-electron chi connectivity index (χ2n) is 7.47. The Balaban J connectivity index is 1.35. The number of carbonyl (C=O) groups excluding carboxylic acids is 3. The first-order valence-electron chi connectivity index (χ1n) is 9.72. The SMILES string of the molecule is O=C(CN1C(=O)c2ccc([N+](=O)[O-])cc2C1=O)N1CCN(Cc2ccc(Cl)cc2)CC1. The molecule has 2 aliphatic rings. The smallest absolute Gasteiger partial charge is 0.270 e. The molecule has 2 aromatic rings. The van der Waals surface area contributed by atoms with Crippen LogP contribution in [0.1, 0.15) is 26.3 Å². The van der Waals surface area contributed by atoms with Crippen LogP contribution in [0, 0.1) is 10.1 Å². The Hall–Kier alpha value is -3.30. The van der Waals surface area contributed by atoms with Crippen molar-refractivity contribution in [3.63, 3.8) is 0 Å². The molecule has 0 atom stereocenters. The number of non-ortho nitro benzene ring substituents is 1. The zero-order valence-electron chi connectivity index (χ0n) is 16.5. The lowest BCUT2D eigenvalue weighted by Gasteiger charge is -2.35. The highest BCUT2D eigenvalue weighted by Gasteiger charge is 2.38. The Labute approximate surface area is 182 Å². The molecule has 0 unspecified atom stereocenters. The fourth-order valence-electron chi connectivity index (χ4n) is 3.77. The van der Waals surface area contributed by atoms with Crippen LogP contribution < -0.4 is 0 Å². The summed E-state index contributed by atoms with van der Waals surface area (Å²) in [4.78, 5) is 52.8. The van der Waals surface area contributed by atoms with Crippen molar-refractivity contribution in [1.29, 1.82) is 0 Å². The number of benzene rings is 2. The molecule has 0 bridgehead atoms. The van der Waals surface area contributed by atoms with Crippen molar-refractivity contribution >= 4 is 35.0 Å². The molecule has 0 N–H and O–H groups in total. The molecule has 31 heavy (non-hydrogen) atoms. The molecule has 0 saturated carbocycles. The van der Waals surface area contributed by atoms with E-state index in [0.717, 1.165) is 23.1 Å². The predicted octanol–water partition coefficient (Wildman–Crippen LogP) is 2.19. The van der Waals surface area contributed by atoms with Gasteiger partial charge >= 0.3 is 0 Å². The van der Waals surface area contributed by atoms with E-state index < -0.39 is 16.7 Å². The first kappa shape index (κ1) is 21.0. The number of halogens is 1. The molecule has 2 aromatic carbocycles. The lowest BCUT2D eigenvalue weighted by molar-refractivity contribution is -0.384. The molecule has 0 spiro atoms. The monoisotopic (exact) mass is 442 g/mol. The highest BCUT2D eigenvalue weighted by atomic mass is 35.5. The molecule has 1 fully saturated rings. The van der Waals surface area contributed by atoms with Gasteiger partial charge in [-0.1, -0.05) is 23.7 Å². The number of nitro benzene ring substituents is 1. The summed E-state index contributed by atoms with van der Waals surface area (Å²) in [6, 6.07) is 11.1. The fraction of sp³-hybridized carbons (Fsp3) is 0.286. The summed E-state index contributed by atoms with van der Waals surface area (Å²) in [5.74, 6) is -1.61. The molecule has 0 aliphatic carbocycles. The molecule has 2 aliphatic heterocycles. The van der Waals surface area contributed by atoms with E-state index in [2.05, 4.69) is 4.90 Å². The van der Waals surface area contributed by atoms with Crippen molar-refractivity contribution in [2.45, 2.75) is 6.54 Å². The van der Waals surface area contributed by atoms with Gasteiger partial charge in [0.25, 0.3) is 17.5 Å². The van der Waals surface area contributed by atoms with Crippen LogP contribution in [0.2, 0.25) is 5.02 Å². The van der Waals surface area contributed by atoms with Gasteiger partial charge in [-0.05, 0) is 23.8 Å². The Bertz CT molecular complexity index is 1060. The van der Waals surface area contributed by atoms with E-state index in [1.807, 2.05) is 24.3 Å². The second-order valence-corrected chi connectivity index (χ2v) is 7.90. The zero-order chi connectivity index (χ0) is 22.1. The van der Waals surface area contributed by atoms with Crippen molar-refractivity contribution in [2.75, 3.05) is 32.7 Å². The van der Waals surface area contributed by atoms with E-state index in [1.165, 1.54) is 12.1 Å². The van der Waals surface area contributed by atoms with Crippen molar-refractivity contribution in [3.8, 4) is 0 Å². The first-order valence-corrected chi connectivity index (χ1v) is 10.1. The Morgan fingerprint density at radius 2 is 1.61 bits per heavy atom. The van der Waals surface area contributed by atoms with Gasteiger partial charge in [0.2, 0.25) is 5.91 Å². The molecule has 4 rings (SSSR count). The topological polar surface area (TPSA) is 104 Å². The van der Waals surface area contributed by atoms with Crippen LogP contribution >= 0.6 is 11.6 Å². The third-order valence-electron chi connectivity index (χ3n) is 5.50. The van der Waals surface area contributed by atoms with Gasteiger partial charge in [0.1, 0.15) is 6.54 Å². The zero-order valence-corrected chi connectivity index (χ0v) is 17.2. The van der Waals surface area contributed by atoms with Crippen molar-refractivity contribution < 1.29 is 19.3 Å². The number of fused-ring (bicyclic) bond motifs is 1. The van der Waals surface area contributed by atoms with Crippen LogP contribution in [0.4, 0.5) is 5.69 Å². The minimum atomic E-state index is -0.682. The number of amides is 3.